The van der Waals surface area contributed by atoms with Crippen molar-refractivity contribution in [2.45, 2.75) is 38.8 Å². The Bertz CT molecular complexity index is 830. The van der Waals surface area contributed by atoms with Gasteiger partial charge < -0.3 is 9.80 Å². The van der Waals surface area contributed by atoms with Gasteiger partial charge in [0.1, 0.15) is 0 Å². The fourth-order valence-corrected chi connectivity index (χ4v) is 3.57. The van der Waals surface area contributed by atoms with E-state index in [0.29, 0.717) is 36.1 Å². The average Bonchev–Trinajstić information content (AvgIpc) is 2.89. The largest absolute Gasteiger partial charge is 0.333 e. The van der Waals surface area contributed by atoms with Gasteiger partial charge in [-0.15, -0.1) is 0 Å². The summed E-state index contributed by atoms with van der Waals surface area (Å²) in [6, 6.07) is 10.9. The first-order chi connectivity index (χ1) is 13.5. The molecule has 0 radical (unpaired) electrons. The molecule has 1 aromatic heterocycles. The first-order valence-electron chi connectivity index (χ1n) is 9.42. The van der Waals surface area contributed by atoms with E-state index in [1.165, 1.54) is 0 Å². The van der Waals surface area contributed by atoms with Crippen molar-refractivity contribution in [2.75, 3.05) is 13.1 Å². The summed E-state index contributed by atoms with van der Waals surface area (Å²) in [4.78, 5) is 33.1. The van der Waals surface area contributed by atoms with Crippen molar-refractivity contribution in [1.29, 1.82) is 0 Å². The SMILES string of the molecule is O=C1CCCCCN1CC(=O)N(Cc1ccc(Cl)c(Cl)c1)Cc1ccccn1. The van der Waals surface area contributed by atoms with Gasteiger partial charge >= 0.3 is 0 Å². The minimum Gasteiger partial charge on any atom is -0.333 e. The Morgan fingerprint density at radius 1 is 1.07 bits per heavy atom. The van der Waals surface area contributed by atoms with Gasteiger partial charge in [0.05, 0.1) is 28.8 Å². The van der Waals surface area contributed by atoms with Gasteiger partial charge in [0.15, 0.2) is 0 Å². The molecular formula is C21H23Cl2N3O2. The maximum Gasteiger partial charge on any atom is 0.242 e. The topological polar surface area (TPSA) is 53.5 Å². The molecule has 1 aromatic carbocycles. The van der Waals surface area contributed by atoms with Crippen molar-refractivity contribution in [3.63, 3.8) is 0 Å². The summed E-state index contributed by atoms with van der Waals surface area (Å²) in [7, 11) is 0. The van der Waals surface area contributed by atoms with Crippen molar-refractivity contribution in [3.05, 3.63) is 63.9 Å². The Hall–Kier alpha value is -2.11. The zero-order valence-corrected chi connectivity index (χ0v) is 17.1. The van der Waals surface area contributed by atoms with E-state index < -0.39 is 0 Å². The zero-order valence-electron chi connectivity index (χ0n) is 15.6. The maximum absolute atomic E-state index is 13.1. The van der Waals surface area contributed by atoms with E-state index in [2.05, 4.69) is 4.98 Å². The van der Waals surface area contributed by atoms with Crippen LogP contribution in [0.3, 0.4) is 0 Å². The summed E-state index contributed by atoms with van der Waals surface area (Å²) in [5, 5.41) is 0.926. The normalized spacial score (nSPS) is 14.6. The second kappa shape index (κ2) is 9.89. The summed E-state index contributed by atoms with van der Waals surface area (Å²) in [6.45, 7) is 1.46. The number of likely N-dealkylation sites (tertiary alicyclic amines) is 1. The molecule has 28 heavy (non-hydrogen) atoms. The van der Waals surface area contributed by atoms with Crippen LogP contribution in [0.5, 0.6) is 0 Å². The van der Waals surface area contributed by atoms with Crippen LogP contribution >= 0.6 is 23.2 Å². The number of carbonyl (C=O) groups excluding carboxylic acids is 2. The van der Waals surface area contributed by atoms with Crippen LogP contribution in [0.1, 0.15) is 36.9 Å². The average molecular weight is 420 g/mol. The van der Waals surface area contributed by atoms with Crippen molar-refractivity contribution >= 4 is 35.0 Å². The Balaban J connectivity index is 1.76. The summed E-state index contributed by atoms with van der Waals surface area (Å²) >= 11 is 12.1. The Labute approximate surface area is 175 Å². The quantitative estimate of drug-likeness (QED) is 0.700. The van der Waals surface area contributed by atoms with E-state index in [1.54, 1.807) is 28.1 Å². The minimum absolute atomic E-state index is 0.0539. The highest BCUT2D eigenvalue weighted by atomic mass is 35.5. The number of rotatable bonds is 6. The number of carbonyl (C=O) groups is 2. The predicted molar refractivity (Wildman–Crippen MR) is 110 cm³/mol. The smallest absolute Gasteiger partial charge is 0.242 e. The number of benzene rings is 1. The maximum atomic E-state index is 13.1. The molecule has 1 saturated heterocycles. The van der Waals surface area contributed by atoms with Crippen LogP contribution in [-0.4, -0.2) is 39.7 Å². The van der Waals surface area contributed by atoms with Crippen LogP contribution in [0.25, 0.3) is 0 Å². The molecule has 5 nitrogen and oxygen atoms in total. The van der Waals surface area contributed by atoms with Gasteiger partial charge in [-0.1, -0.05) is 41.8 Å². The number of hydrogen-bond acceptors (Lipinski definition) is 3. The van der Waals surface area contributed by atoms with Gasteiger partial charge in [-0.3, -0.25) is 14.6 Å². The lowest BCUT2D eigenvalue weighted by Gasteiger charge is -2.27. The number of halogens is 2. The number of nitrogens with zero attached hydrogens (tertiary/aromatic N) is 3. The number of pyridine rings is 1. The summed E-state index contributed by atoms with van der Waals surface area (Å²) in [6.07, 6.45) is 5.07. The molecular weight excluding hydrogens is 397 g/mol. The molecule has 1 fully saturated rings. The highest BCUT2D eigenvalue weighted by molar-refractivity contribution is 6.42. The third-order valence-corrected chi connectivity index (χ3v) is 5.53. The molecule has 0 atom stereocenters. The molecule has 0 N–H and O–H groups in total. The van der Waals surface area contributed by atoms with Gasteiger partial charge in [-0.05, 0) is 42.7 Å². The molecule has 2 amide bonds. The first-order valence-corrected chi connectivity index (χ1v) is 10.2. The van der Waals surface area contributed by atoms with Crippen LogP contribution in [-0.2, 0) is 22.7 Å². The lowest BCUT2D eigenvalue weighted by atomic mass is 10.2. The van der Waals surface area contributed by atoms with Gasteiger partial charge in [0, 0.05) is 25.7 Å². The molecule has 0 aliphatic carbocycles. The lowest BCUT2D eigenvalue weighted by Crippen LogP contribution is -2.42. The molecule has 0 spiro atoms. The van der Waals surface area contributed by atoms with Crippen LogP contribution in [0, 0.1) is 0 Å². The van der Waals surface area contributed by atoms with E-state index >= 15 is 0 Å². The van der Waals surface area contributed by atoms with Crippen LogP contribution < -0.4 is 0 Å². The molecule has 3 rings (SSSR count). The lowest BCUT2D eigenvalue weighted by molar-refractivity contribution is -0.141. The highest BCUT2D eigenvalue weighted by Gasteiger charge is 2.23. The first kappa shape index (κ1) is 20.6. The summed E-state index contributed by atoms with van der Waals surface area (Å²) in [5.74, 6) is -0.0508. The van der Waals surface area contributed by atoms with Crippen molar-refractivity contribution in [1.82, 2.24) is 14.8 Å². The van der Waals surface area contributed by atoms with Crippen LogP contribution in [0.2, 0.25) is 10.0 Å². The Kier molecular flexibility index (Phi) is 7.29. The Morgan fingerprint density at radius 2 is 1.93 bits per heavy atom. The Morgan fingerprint density at radius 3 is 2.68 bits per heavy atom. The second-order valence-corrected chi connectivity index (χ2v) is 7.76. The standard InChI is InChI=1S/C21H23Cl2N3O2/c22-18-9-8-16(12-19(18)23)13-26(14-17-6-3-4-10-24-17)21(28)15-25-11-5-1-2-7-20(25)27/h3-4,6,8-10,12H,1-2,5,7,11,13-15H2. The van der Waals surface area contributed by atoms with Gasteiger partial charge in [0.2, 0.25) is 11.8 Å². The molecule has 0 saturated carbocycles. The second-order valence-electron chi connectivity index (χ2n) is 6.95. The van der Waals surface area contributed by atoms with Gasteiger partial charge in [0.25, 0.3) is 0 Å². The number of hydrogen-bond donors (Lipinski definition) is 0. The van der Waals surface area contributed by atoms with E-state index in [0.717, 1.165) is 30.5 Å². The van der Waals surface area contributed by atoms with Crippen LogP contribution in [0.15, 0.2) is 42.6 Å². The molecule has 0 bridgehead atoms. The van der Waals surface area contributed by atoms with E-state index in [4.69, 9.17) is 23.2 Å². The minimum atomic E-state index is -0.105. The van der Waals surface area contributed by atoms with E-state index in [1.807, 2.05) is 24.3 Å². The van der Waals surface area contributed by atoms with Gasteiger partial charge in [-0.2, -0.15) is 0 Å². The van der Waals surface area contributed by atoms with Crippen molar-refractivity contribution in [2.24, 2.45) is 0 Å². The molecule has 148 valence electrons. The predicted octanol–water partition coefficient (Wildman–Crippen LogP) is 4.32. The third-order valence-electron chi connectivity index (χ3n) is 4.79. The zero-order chi connectivity index (χ0) is 19.9. The molecule has 2 aromatic rings. The van der Waals surface area contributed by atoms with E-state index in [-0.39, 0.29) is 18.4 Å². The van der Waals surface area contributed by atoms with Crippen LogP contribution in [0.4, 0.5) is 0 Å². The number of amides is 2. The fraction of sp³-hybridized carbons (Fsp3) is 0.381. The van der Waals surface area contributed by atoms with Crippen molar-refractivity contribution in [3.8, 4) is 0 Å². The summed E-state index contributed by atoms with van der Waals surface area (Å²) in [5.41, 5.74) is 1.67. The molecule has 7 heteroatoms. The fourth-order valence-electron chi connectivity index (χ4n) is 3.25. The number of aromatic nitrogens is 1. The monoisotopic (exact) mass is 419 g/mol. The third kappa shape index (κ3) is 5.69. The molecule has 1 aliphatic heterocycles. The van der Waals surface area contributed by atoms with E-state index in [9.17, 15) is 9.59 Å². The highest BCUT2D eigenvalue weighted by Crippen LogP contribution is 2.23. The molecule has 1 aliphatic rings. The molecule has 2 heterocycles. The summed E-state index contributed by atoms with van der Waals surface area (Å²) < 4.78 is 0. The van der Waals surface area contributed by atoms with Gasteiger partial charge in [-0.25, -0.2) is 0 Å². The molecule has 0 unspecified atom stereocenters. The van der Waals surface area contributed by atoms with Crippen molar-refractivity contribution < 1.29 is 9.59 Å².